The molecule has 0 aliphatic carbocycles. The number of methoxy groups -OCH3 is 2. The van der Waals surface area contributed by atoms with Crippen LogP contribution < -0.4 is 10.1 Å². The van der Waals surface area contributed by atoms with Gasteiger partial charge in [0, 0.05) is 29.4 Å². The summed E-state index contributed by atoms with van der Waals surface area (Å²) >= 11 is 1.33. The van der Waals surface area contributed by atoms with Gasteiger partial charge in [-0.1, -0.05) is 6.07 Å². The topological polar surface area (TPSA) is 102 Å². The molecule has 34 heavy (non-hydrogen) atoms. The number of aryl methyl sites for hydroxylation is 1. The lowest BCUT2D eigenvalue weighted by Crippen LogP contribution is -2.41. The van der Waals surface area contributed by atoms with Gasteiger partial charge in [0.15, 0.2) is 0 Å². The molecule has 0 radical (unpaired) electrons. The Bertz CT molecular complexity index is 1340. The molecule has 8 nitrogen and oxygen atoms in total. The maximum Gasteiger partial charge on any atom is 0.348 e. The van der Waals surface area contributed by atoms with Gasteiger partial charge in [-0.25, -0.2) is 13.2 Å². The number of fused-ring (bicyclic) bond motifs is 1. The second-order valence-corrected chi connectivity index (χ2v) is 11.2. The first-order valence-corrected chi connectivity index (χ1v) is 13.1. The highest BCUT2D eigenvalue weighted by molar-refractivity contribution is 7.89. The van der Waals surface area contributed by atoms with Crippen molar-refractivity contribution >= 4 is 49.0 Å². The van der Waals surface area contributed by atoms with Crippen molar-refractivity contribution in [1.29, 1.82) is 0 Å². The molecule has 1 aromatic heterocycles. The normalized spacial score (nSPS) is 15.3. The zero-order chi connectivity index (χ0) is 24.5. The molecule has 180 valence electrons. The number of hydrogen-bond acceptors (Lipinski definition) is 7. The zero-order valence-electron chi connectivity index (χ0n) is 19.2. The van der Waals surface area contributed by atoms with Crippen molar-refractivity contribution in [3.63, 3.8) is 0 Å². The van der Waals surface area contributed by atoms with Gasteiger partial charge in [0.2, 0.25) is 15.9 Å². The van der Waals surface area contributed by atoms with Gasteiger partial charge in [-0.2, -0.15) is 4.31 Å². The van der Waals surface area contributed by atoms with Gasteiger partial charge in [-0.15, -0.1) is 11.3 Å². The van der Waals surface area contributed by atoms with E-state index in [4.69, 9.17) is 9.47 Å². The monoisotopic (exact) mass is 502 g/mol. The van der Waals surface area contributed by atoms with E-state index in [0.717, 1.165) is 15.6 Å². The molecular formula is C24H26N2O6S2. The predicted octanol–water partition coefficient (Wildman–Crippen LogP) is 4.04. The van der Waals surface area contributed by atoms with Crippen molar-refractivity contribution in [3.8, 4) is 5.75 Å². The first-order chi connectivity index (χ1) is 16.2. The fourth-order valence-electron chi connectivity index (χ4n) is 4.05. The van der Waals surface area contributed by atoms with Gasteiger partial charge in [-0.3, -0.25) is 4.79 Å². The van der Waals surface area contributed by atoms with Crippen molar-refractivity contribution in [2.75, 3.05) is 32.6 Å². The molecule has 1 amide bonds. The van der Waals surface area contributed by atoms with E-state index < -0.39 is 16.0 Å². The van der Waals surface area contributed by atoms with Crippen molar-refractivity contribution in [1.82, 2.24) is 4.31 Å². The number of amides is 1. The third kappa shape index (κ3) is 4.79. The lowest BCUT2D eigenvalue weighted by Gasteiger charge is -2.31. The summed E-state index contributed by atoms with van der Waals surface area (Å²) < 4.78 is 38.8. The van der Waals surface area contributed by atoms with E-state index in [1.165, 1.54) is 29.9 Å². The van der Waals surface area contributed by atoms with Gasteiger partial charge >= 0.3 is 5.97 Å². The quantitative estimate of drug-likeness (QED) is 0.511. The van der Waals surface area contributed by atoms with E-state index in [0.29, 0.717) is 29.2 Å². The molecule has 0 unspecified atom stereocenters. The van der Waals surface area contributed by atoms with Crippen molar-refractivity contribution in [3.05, 3.63) is 52.9 Å². The number of thiophene rings is 1. The molecule has 1 fully saturated rings. The molecule has 2 heterocycles. The van der Waals surface area contributed by atoms with Crippen LogP contribution in [0.25, 0.3) is 10.1 Å². The molecule has 0 atom stereocenters. The maximum absolute atomic E-state index is 13.2. The Morgan fingerprint density at radius 3 is 2.47 bits per heavy atom. The molecule has 1 aliphatic heterocycles. The summed E-state index contributed by atoms with van der Waals surface area (Å²) in [5.74, 6) is -0.524. The van der Waals surface area contributed by atoms with E-state index in [1.54, 1.807) is 30.3 Å². The lowest BCUT2D eigenvalue weighted by molar-refractivity contribution is -0.120. The summed E-state index contributed by atoms with van der Waals surface area (Å²) in [4.78, 5) is 25.3. The van der Waals surface area contributed by atoms with Crippen LogP contribution in [0.5, 0.6) is 5.75 Å². The molecule has 0 saturated carbocycles. The van der Waals surface area contributed by atoms with Crippen LogP contribution in [-0.4, -0.2) is 51.9 Å². The Kier molecular flexibility index (Phi) is 6.92. The van der Waals surface area contributed by atoms with E-state index in [2.05, 4.69) is 5.32 Å². The predicted molar refractivity (Wildman–Crippen MR) is 131 cm³/mol. The Balaban J connectivity index is 1.42. The number of rotatable bonds is 6. The molecular weight excluding hydrogens is 476 g/mol. The third-order valence-electron chi connectivity index (χ3n) is 5.93. The Morgan fingerprint density at radius 2 is 1.79 bits per heavy atom. The number of carbonyl (C=O) groups is 2. The zero-order valence-corrected chi connectivity index (χ0v) is 20.8. The highest BCUT2D eigenvalue weighted by Crippen LogP contribution is 2.32. The SMILES string of the molecule is COC(=O)c1cc2cc(NC(=O)C3CCN(S(=O)(=O)c4cc(C)ccc4OC)CC3)ccc2s1. The molecule has 0 bridgehead atoms. The second kappa shape index (κ2) is 9.73. The van der Waals surface area contributed by atoms with E-state index in [1.807, 2.05) is 19.1 Å². The average molecular weight is 503 g/mol. The van der Waals surface area contributed by atoms with Crippen LogP contribution in [0, 0.1) is 12.8 Å². The Morgan fingerprint density at radius 1 is 1.06 bits per heavy atom. The molecule has 10 heteroatoms. The van der Waals surface area contributed by atoms with Gasteiger partial charge in [0.25, 0.3) is 0 Å². The second-order valence-electron chi connectivity index (χ2n) is 8.18. The summed E-state index contributed by atoms with van der Waals surface area (Å²) in [6, 6.07) is 12.3. The largest absolute Gasteiger partial charge is 0.495 e. The molecule has 4 rings (SSSR count). The first kappa shape index (κ1) is 24.2. The molecule has 1 saturated heterocycles. The molecule has 2 aromatic carbocycles. The number of benzene rings is 2. The first-order valence-electron chi connectivity index (χ1n) is 10.8. The fourth-order valence-corrected chi connectivity index (χ4v) is 6.72. The number of nitrogens with zero attached hydrogens (tertiary/aromatic N) is 1. The van der Waals surface area contributed by atoms with Crippen molar-refractivity contribution < 1.29 is 27.5 Å². The van der Waals surface area contributed by atoms with Crippen LogP contribution in [0.15, 0.2) is 47.4 Å². The minimum atomic E-state index is -3.73. The van der Waals surface area contributed by atoms with E-state index in [9.17, 15) is 18.0 Å². The number of nitrogens with one attached hydrogen (secondary N) is 1. The summed E-state index contributed by atoms with van der Waals surface area (Å²) in [5, 5.41) is 3.77. The Hall–Kier alpha value is -2.95. The van der Waals surface area contributed by atoms with Crippen LogP contribution in [0.1, 0.15) is 28.1 Å². The molecule has 0 spiro atoms. The summed E-state index contributed by atoms with van der Waals surface area (Å²) in [5.41, 5.74) is 1.46. The number of hydrogen-bond donors (Lipinski definition) is 1. The number of carbonyl (C=O) groups excluding carboxylic acids is 2. The minimum absolute atomic E-state index is 0.145. The number of esters is 1. The highest BCUT2D eigenvalue weighted by atomic mass is 32.2. The van der Waals surface area contributed by atoms with Crippen LogP contribution in [0.2, 0.25) is 0 Å². The fraction of sp³-hybridized carbons (Fsp3) is 0.333. The highest BCUT2D eigenvalue weighted by Gasteiger charge is 2.33. The standard InChI is InChI=1S/C24H26N2O6S2/c1-15-4-6-19(31-2)22(12-15)34(29,30)26-10-8-16(9-11-26)23(27)25-18-5-7-20-17(13-18)14-21(33-20)24(28)32-3/h4-7,12-14,16H,8-11H2,1-3H3,(H,25,27). The average Bonchev–Trinajstić information content (AvgIpc) is 3.27. The third-order valence-corrected chi connectivity index (χ3v) is 8.95. The van der Waals surface area contributed by atoms with Crippen LogP contribution >= 0.6 is 11.3 Å². The molecule has 1 N–H and O–H groups in total. The Labute approximate surface area is 202 Å². The van der Waals surface area contributed by atoms with Gasteiger partial charge in [-0.05, 0) is 67.1 Å². The minimum Gasteiger partial charge on any atom is -0.495 e. The van der Waals surface area contributed by atoms with E-state index >= 15 is 0 Å². The van der Waals surface area contributed by atoms with E-state index in [-0.39, 0.29) is 29.8 Å². The number of piperidine rings is 1. The van der Waals surface area contributed by atoms with Crippen LogP contribution in [0.4, 0.5) is 5.69 Å². The summed E-state index contributed by atoms with van der Waals surface area (Å²) in [6.45, 7) is 2.34. The number of sulfonamides is 1. The van der Waals surface area contributed by atoms with Crippen molar-refractivity contribution in [2.45, 2.75) is 24.7 Å². The summed E-state index contributed by atoms with van der Waals surface area (Å²) in [7, 11) is -0.939. The van der Waals surface area contributed by atoms with Gasteiger partial charge in [0.1, 0.15) is 15.5 Å². The number of ether oxygens (including phenoxy) is 2. The summed E-state index contributed by atoms with van der Waals surface area (Å²) in [6.07, 6.45) is 0.846. The van der Waals surface area contributed by atoms with Gasteiger partial charge < -0.3 is 14.8 Å². The van der Waals surface area contributed by atoms with Gasteiger partial charge in [0.05, 0.1) is 14.2 Å². The molecule has 3 aromatic rings. The van der Waals surface area contributed by atoms with Crippen LogP contribution in [0.3, 0.4) is 0 Å². The van der Waals surface area contributed by atoms with Crippen molar-refractivity contribution in [2.24, 2.45) is 5.92 Å². The van der Waals surface area contributed by atoms with Crippen LogP contribution in [-0.2, 0) is 19.6 Å². The lowest BCUT2D eigenvalue weighted by atomic mass is 9.97. The maximum atomic E-state index is 13.2. The molecule has 1 aliphatic rings. The number of anilines is 1. The smallest absolute Gasteiger partial charge is 0.348 e.